The zero-order valence-electron chi connectivity index (χ0n) is 9.83. The van der Waals surface area contributed by atoms with Gasteiger partial charge in [0.2, 0.25) is 10.0 Å². The van der Waals surface area contributed by atoms with Crippen molar-refractivity contribution in [1.29, 1.82) is 0 Å². The van der Waals surface area contributed by atoms with Gasteiger partial charge in [-0.25, -0.2) is 8.42 Å². The fourth-order valence-corrected chi connectivity index (χ4v) is 3.34. The van der Waals surface area contributed by atoms with Gasteiger partial charge in [-0.15, -0.1) is 0 Å². The first-order chi connectivity index (χ1) is 8.43. The first-order valence-electron chi connectivity index (χ1n) is 5.45. The predicted octanol–water partition coefficient (Wildman–Crippen LogP) is -0.000380. The van der Waals surface area contributed by atoms with Gasteiger partial charge in [-0.2, -0.15) is 4.31 Å². The zero-order valence-corrected chi connectivity index (χ0v) is 10.6. The third-order valence-corrected chi connectivity index (χ3v) is 4.73. The highest BCUT2D eigenvalue weighted by atomic mass is 32.2. The normalized spacial score (nSPS) is 21.1. The maximum Gasteiger partial charge on any atom is 0.323 e. The number of carboxylic acid groups (broad SMARTS) is 1. The van der Waals surface area contributed by atoms with Crippen LogP contribution >= 0.6 is 0 Å². The van der Waals surface area contributed by atoms with Crippen molar-refractivity contribution in [3.05, 3.63) is 29.8 Å². The Morgan fingerprint density at radius 3 is 2.56 bits per heavy atom. The van der Waals surface area contributed by atoms with Crippen LogP contribution in [0.4, 0.5) is 0 Å². The maximum absolute atomic E-state index is 12.3. The summed E-state index contributed by atoms with van der Waals surface area (Å²) in [4.78, 5) is 11.1. The zero-order chi connectivity index (χ0) is 13.3. The number of rotatable bonds is 3. The summed E-state index contributed by atoms with van der Waals surface area (Å²) in [5, 5.41) is 11.7. The van der Waals surface area contributed by atoms with Gasteiger partial charge in [0, 0.05) is 6.54 Å². The quantitative estimate of drug-likeness (QED) is 0.807. The van der Waals surface area contributed by atoms with Crippen molar-refractivity contribution in [1.82, 2.24) is 9.62 Å². The van der Waals surface area contributed by atoms with E-state index in [1.54, 1.807) is 12.1 Å². The highest BCUT2D eigenvalue weighted by Gasteiger charge is 2.39. The number of hydrogen-bond acceptors (Lipinski definition) is 4. The second-order valence-corrected chi connectivity index (χ2v) is 6.06. The molecule has 98 valence electrons. The van der Waals surface area contributed by atoms with Gasteiger partial charge in [-0.3, -0.25) is 4.79 Å². The van der Waals surface area contributed by atoms with Crippen molar-refractivity contribution in [2.24, 2.45) is 0 Å². The van der Waals surface area contributed by atoms with Crippen LogP contribution in [-0.2, 0) is 14.8 Å². The van der Waals surface area contributed by atoms with Crippen molar-refractivity contribution < 1.29 is 18.3 Å². The molecule has 1 aromatic carbocycles. The summed E-state index contributed by atoms with van der Waals surface area (Å²) in [6.45, 7) is 2.00. The van der Waals surface area contributed by atoms with Crippen molar-refractivity contribution >= 4 is 16.0 Å². The Hall–Kier alpha value is -1.44. The van der Waals surface area contributed by atoms with Gasteiger partial charge in [-0.05, 0) is 19.1 Å². The van der Waals surface area contributed by atoms with E-state index in [0.29, 0.717) is 0 Å². The Balaban J connectivity index is 2.36. The van der Waals surface area contributed by atoms with Crippen LogP contribution < -0.4 is 5.32 Å². The molecule has 1 aromatic rings. The molecule has 7 heteroatoms. The van der Waals surface area contributed by atoms with E-state index in [0.717, 1.165) is 9.87 Å². The van der Waals surface area contributed by atoms with E-state index in [4.69, 9.17) is 5.11 Å². The van der Waals surface area contributed by atoms with Crippen LogP contribution in [0.15, 0.2) is 29.2 Å². The molecular formula is C11H14N2O4S. The number of nitrogens with one attached hydrogen (secondary N) is 1. The van der Waals surface area contributed by atoms with Crippen LogP contribution in [0.25, 0.3) is 0 Å². The Morgan fingerprint density at radius 1 is 1.39 bits per heavy atom. The summed E-state index contributed by atoms with van der Waals surface area (Å²) in [7, 11) is -3.76. The summed E-state index contributed by atoms with van der Waals surface area (Å²) in [5.74, 6) is -1.14. The monoisotopic (exact) mass is 270 g/mol. The van der Waals surface area contributed by atoms with Crippen molar-refractivity contribution in [3.63, 3.8) is 0 Å². The Labute approximate surface area is 105 Å². The lowest BCUT2D eigenvalue weighted by atomic mass is 10.2. The van der Waals surface area contributed by atoms with Crippen LogP contribution in [-0.4, -0.2) is 43.1 Å². The van der Waals surface area contributed by atoms with Gasteiger partial charge in [-0.1, -0.05) is 17.7 Å². The second kappa shape index (κ2) is 4.68. The molecule has 0 bridgehead atoms. The Kier molecular flexibility index (Phi) is 3.38. The lowest BCUT2D eigenvalue weighted by Crippen LogP contribution is -2.41. The van der Waals surface area contributed by atoms with Gasteiger partial charge in [0.25, 0.3) is 0 Å². The van der Waals surface area contributed by atoms with E-state index in [9.17, 15) is 13.2 Å². The van der Waals surface area contributed by atoms with Crippen LogP contribution in [0.5, 0.6) is 0 Å². The van der Waals surface area contributed by atoms with Gasteiger partial charge in [0.15, 0.2) is 0 Å². The fraction of sp³-hybridized carbons (Fsp3) is 0.364. The second-order valence-electron chi connectivity index (χ2n) is 4.17. The van der Waals surface area contributed by atoms with E-state index >= 15 is 0 Å². The number of benzene rings is 1. The third kappa shape index (κ3) is 2.24. The van der Waals surface area contributed by atoms with E-state index in [1.165, 1.54) is 12.1 Å². The molecule has 0 amide bonds. The predicted molar refractivity (Wildman–Crippen MR) is 64.5 cm³/mol. The number of carbonyl (C=O) groups is 1. The first-order valence-corrected chi connectivity index (χ1v) is 6.89. The van der Waals surface area contributed by atoms with Crippen LogP contribution in [0.3, 0.4) is 0 Å². The Bertz CT molecular complexity index is 553. The molecule has 1 fully saturated rings. The standard InChI is InChI=1S/C11H14N2O4S/c1-8-2-4-9(5-3-8)18(16,17)13-7-12-6-10(13)11(14)15/h2-5,10,12H,6-7H2,1H3,(H,14,15). The lowest BCUT2D eigenvalue weighted by Gasteiger charge is -2.19. The Morgan fingerprint density at radius 2 is 2.00 bits per heavy atom. The molecule has 0 aromatic heterocycles. The van der Waals surface area contributed by atoms with Gasteiger partial charge in [0.05, 0.1) is 11.6 Å². The minimum Gasteiger partial charge on any atom is -0.480 e. The molecule has 1 heterocycles. The summed E-state index contributed by atoms with van der Waals surface area (Å²) >= 11 is 0. The maximum atomic E-state index is 12.3. The molecule has 18 heavy (non-hydrogen) atoms. The number of aryl methyl sites for hydroxylation is 1. The minimum absolute atomic E-state index is 0.0210. The number of sulfonamides is 1. The van der Waals surface area contributed by atoms with Gasteiger partial charge >= 0.3 is 5.97 Å². The largest absolute Gasteiger partial charge is 0.480 e. The van der Waals surface area contributed by atoms with Crippen LogP contribution in [0.2, 0.25) is 0 Å². The van der Waals surface area contributed by atoms with Crippen molar-refractivity contribution in [3.8, 4) is 0 Å². The van der Waals surface area contributed by atoms with E-state index in [2.05, 4.69) is 5.32 Å². The topological polar surface area (TPSA) is 86.7 Å². The smallest absolute Gasteiger partial charge is 0.323 e. The number of aliphatic carboxylic acids is 1. The number of carboxylic acids is 1. The van der Waals surface area contributed by atoms with Gasteiger partial charge in [0.1, 0.15) is 6.04 Å². The van der Waals surface area contributed by atoms with Crippen molar-refractivity contribution in [2.75, 3.05) is 13.2 Å². The molecule has 6 nitrogen and oxygen atoms in total. The third-order valence-electron chi connectivity index (χ3n) is 2.87. The summed E-state index contributed by atoms with van der Waals surface area (Å²) in [5.41, 5.74) is 0.947. The average Bonchev–Trinajstić information content (AvgIpc) is 2.79. The first kappa shape index (κ1) is 13.0. The summed E-state index contributed by atoms with van der Waals surface area (Å²) in [6, 6.07) is 5.30. The molecule has 2 rings (SSSR count). The highest BCUT2D eigenvalue weighted by Crippen LogP contribution is 2.20. The summed E-state index contributed by atoms with van der Waals surface area (Å²) in [6.07, 6.45) is 0. The SMILES string of the molecule is Cc1ccc(S(=O)(=O)N2CNCC2C(=O)O)cc1. The highest BCUT2D eigenvalue weighted by molar-refractivity contribution is 7.89. The molecule has 0 saturated carbocycles. The lowest BCUT2D eigenvalue weighted by molar-refractivity contribution is -0.140. The molecule has 1 unspecified atom stereocenters. The van der Waals surface area contributed by atoms with Crippen LogP contribution in [0.1, 0.15) is 5.56 Å². The van der Waals surface area contributed by atoms with E-state index < -0.39 is 22.0 Å². The molecule has 2 N–H and O–H groups in total. The molecule has 1 atom stereocenters. The van der Waals surface area contributed by atoms with Crippen molar-refractivity contribution in [2.45, 2.75) is 17.9 Å². The minimum atomic E-state index is -3.76. The molecular weight excluding hydrogens is 256 g/mol. The van der Waals surface area contributed by atoms with Gasteiger partial charge < -0.3 is 10.4 Å². The average molecular weight is 270 g/mol. The van der Waals surface area contributed by atoms with Crippen LogP contribution in [0, 0.1) is 6.92 Å². The molecule has 1 saturated heterocycles. The molecule has 0 radical (unpaired) electrons. The molecule has 0 aliphatic carbocycles. The molecule has 1 aliphatic rings. The summed E-state index contributed by atoms with van der Waals surface area (Å²) < 4.78 is 25.5. The van der Waals surface area contributed by atoms with E-state index in [1.807, 2.05) is 6.92 Å². The van der Waals surface area contributed by atoms with E-state index in [-0.39, 0.29) is 18.1 Å². The number of nitrogens with zero attached hydrogens (tertiary/aromatic N) is 1. The molecule has 0 spiro atoms. The molecule has 1 aliphatic heterocycles. The fourth-order valence-electron chi connectivity index (χ4n) is 1.83. The number of hydrogen-bond donors (Lipinski definition) is 2.